The van der Waals surface area contributed by atoms with Gasteiger partial charge in [-0.2, -0.15) is 0 Å². The predicted molar refractivity (Wildman–Crippen MR) is 116 cm³/mol. The van der Waals surface area contributed by atoms with Crippen LogP contribution in [0.3, 0.4) is 0 Å². The largest absolute Gasteiger partial charge is 0.372 e. The second kappa shape index (κ2) is 7.92. The molecule has 0 saturated carbocycles. The van der Waals surface area contributed by atoms with Crippen LogP contribution in [0.1, 0.15) is 30.8 Å². The molecule has 2 heterocycles. The number of rotatable bonds is 6. The van der Waals surface area contributed by atoms with Crippen LogP contribution in [0.2, 0.25) is 0 Å². The second-order valence-electron chi connectivity index (χ2n) is 7.97. The first-order valence-electron chi connectivity index (χ1n) is 10.0. The van der Waals surface area contributed by atoms with Crippen molar-refractivity contribution in [3.8, 4) is 11.1 Å². The van der Waals surface area contributed by atoms with Gasteiger partial charge >= 0.3 is 0 Å². The molecule has 31 heavy (non-hydrogen) atoms. The first-order chi connectivity index (χ1) is 14.8. The lowest BCUT2D eigenvalue weighted by Crippen LogP contribution is -2.42. The van der Waals surface area contributed by atoms with Crippen molar-refractivity contribution < 1.29 is 14.3 Å². The molecule has 0 fully saturated rings. The third-order valence-corrected chi connectivity index (χ3v) is 5.26. The molecule has 6 nitrogen and oxygen atoms in total. The summed E-state index contributed by atoms with van der Waals surface area (Å²) in [6.45, 7) is 4.20. The topological polar surface area (TPSA) is 105 Å². The number of amides is 1. The highest BCUT2D eigenvalue weighted by molar-refractivity contribution is 5.91. The van der Waals surface area contributed by atoms with Gasteiger partial charge in [-0.05, 0) is 29.2 Å². The van der Waals surface area contributed by atoms with Crippen LogP contribution in [-0.2, 0) is 16.8 Å². The number of halogens is 1. The molecule has 4 N–H and O–H groups in total. The average Bonchev–Trinajstić information content (AvgIpc) is 3.15. The van der Waals surface area contributed by atoms with Gasteiger partial charge in [0.15, 0.2) is 11.2 Å². The number of aromatic amines is 1. The number of aromatic nitrogens is 3. The van der Waals surface area contributed by atoms with Gasteiger partial charge in [0.2, 0.25) is 0 Å². The van der Waals surface area contributed by atoms with Gasteiger partial charge in [-0.3, -0.25) is 4.79 Å². The zero-order valence-electron chi connectivity index (χ0n) is 17.3. The van der Waals surface area contributed by atoms with Gasteiger partial charge in [0.05, 0.1) is 5.52 Å². The highest BCUT2D eigenvalue weighted by atomic mass is 19.1. The number of primary amides is 1. The Morgan fingerprint density at radius 2 is 1.94 bits per heavy atom. The van der Waals surface area contributed by atoms with Crippen LogP contribution in [0.4, 0.5) is 4.39 Å². The van der Waals surface area contributed by atoms with Crippen molar-refractivity contribution in [1.82, 2.24) is 15.0 Å². The highest BCUT2D eigenvalue weighted by Gasteiger charge is 2.40. The number of benzene rings is 2. The summed E-state index contributed by atoms with van der Waals surface area (Å²) in [5.41, 5.74) is 5.75. The molecule has 0 bridgehead atoms. The molecule has 7 heteroatoms. The van der Waals surface area contributed by atoms with Gasteiger partial charge < -0.3 is 15.8 Å². The fourth-order valence-corrected chi connectivity index (χ4v) is 3.77. The van der Waals surface area contributed by atoms with E-state index in [2.05, 4.69) is 28.8 Å². The minimum Gasteiger partial charge on any atom is -0.372 e. The summed E-state index contributed by atoms with van der Waals surface area (Å²) in [7, 11) is 0. The molecule has 0 aliphatic heterocycles. The quantitative estimate of drug-likeness (QED) is 0.444. The third kappa shape index (κ3) is 3.68. The van der Waals surface area contributed by atoms with E-state index >= 15 is 4.39 Å². The van der Waals surface area contributed by atoms with E-state index in [1.54, 1.807) is 36.5 Å². The second-order valence-corrected chi connectivity index (χ2v) is 7.97. The van der Waals surface area contributed by atoms with Crippen molar-refractivity contribution in [2.75, 3.05) is 0 Å². The molecule has 1 unspecified atom stereocenters. The number of imidazole rings is 1. The minimum absolute atomic E-state index is 0.201. The van der Waals surface area contributed by atoms with Crippen molar-refractivity contribution in [2.24, 2.45) is 11.7 Å². The summed E-state index contributed by atoms with van der Waals surface area (Å²) in [4.78, 5) is 24.3. The number of nitrogens with zero attached hydrogens (tertiary/aromatic N) is 2. The number of hydrogen-bond acceptors (Lipinski definition) is 4. The van der Waals surface area contributed by atoms with Crippen LogP contribution >= 0.6 is 0 Å². The van der Waals surface area contributed by atoms with E-state index < -0.39 is 17.3 Å². The molecule has 0 aliphatic carbocycles. The Bertz CT molecular complexity index is 1250. The first kappa shape index (κ1) is 20.7. The normalized spacial score (nSPS) is 13.5. The number of carbonyl (C=O) groups excluding carboxylic acids is 1. The number of hydrogen-bond donors (Lipinski definition) is 3. The third-order valence-electron chi connectivity index (χ3n) is 5.26. The summed E-state index contributed by atoms with van der Waals surface area (Å²) < 4.78 is 15.2. The molecule has 2 aromatic heterocycles. The number of nitrogens with two attached hydrogens (primary N) is 1. The molecule has 0 saturated heterocycles. The molecule has 0 radical (unpaired) electrons. The Morgan fingerprint density at radius 3 is 2.58 bits per heavy atom. The van der Waals surface area contributed by atoms with Crippen molar-refractivity contribution in [3.63, 3.8) is 0 Å². The van der Waals surface area contributed by atoms with Crippen LogP contribution < -0.4 is 5.73 Å². The maximum Gasteiger partial charge on any atom is 0.258 e. The van der Waals surface area contributed by atoms with E-state index in [1.807, 2.05) is 0 Å². The van der Waals surface area contributed by atoms with Crippen LogP contribution in [0, 0.1) is 11.7 Å². The van der Waals surface area contributed by atoms with Crippen molar-refractivity contribution in [1.29, 1.82) is 0 Å². The van der Waals surface area contributed by atoms with Crippen molar-refractivity contribution in [2.45, 2.75) is 25.9 Å². The number of fused-ring (bicyclic) bond motifs is 1. The number of H-pyrrole nitrogens is 1. The van der Waals surface area contributed by atoms with Gasteiger partial charge in [0.1, 0.15) is 11.6 Å². The Labute approximate surface area is 179 Å². The van der Waals surface area contributed by atoms with Gasteiger partial charge in [0, 0.05) is 23.7 Å². The minimum atomic E-state index is -2.28. The Morgan fingerprint density at radius 1 is 1.19 bits per heavy atom. The van der Waals surface area contributed by atoms with Crippen LogP contribution in [0.25, 0.3) is 22.3 Å². The number of nitrogens with one attached hydrogen (secondary N) is 1. The molecular formula is C24H23FN4O2. The fraction of sp³-hybridized carbons (Fsp3) is 0.208. The molecule has 0 aliphatic rings. The van der Waals surface area contributed by atoms with Gasteiger partial charge in [-0.15, -0.1) is 0 Å². The molecule has 4 aromatic rings. The van der Waals surface area contributed by atoms with E-state index in [9.17, 15) is 9.90 Å². The number of aliphatic hydroxyl groups is 1. The Balaban J connectivity index is 1.81. The fourth-order valence-electron chi connectivity index (χ4n) is 3.77. The lowest BCUT2D eigenvalue weighted by molar-refractivity contribution is -0.133. The van der Waals surface area contributed by atoms with E-state index in [0.717, 1.165) is 17.8 Å². The maximum atomic E-state index is 15.2. The maximum absolute atomic E-state index is 15.2. The van der Waals surface area contributed by atoms with Crippen LogP contribution in [0.15, 0.2) is 60.8 Å². The van der Waals surface area contributed by atoms with E-state index in [-0.39, 0.29) is 11.1 Å². The first-order valence-corrected chi connectivity index (χ1v) is 10.0. The number of pyridine rings is 1. The standard InChI is InChI=1S/C24H23FN4O2/c1-14(2)12-20-28-21-17(10-11-27-22(21)29-20)15-8-9-18(19(25)13-15)24(31,23(26)30)16-6-4-3-5-7-16/h3-11,13-14,31H,12H2,1-2H3,(H2,26,30)(H,27,28,29). The van der Waals surface area contributed by atoms with Gasteiger partial charge in [-0.1, -0.05) is 56.3 Å². The molecule has 1 atom stereocenters. The van der Waals surface area contributed by atoms with Gasteiger partial charge in [0.25, 0.3) is 5.91 Å². The SMILES string of the molecule is CC(C)Cc1nc2nccc(-c3ccc(C(O)(C(N)=O)c4ccccc4)c(F)c3)c2[nH]1. The summed E-state index contributed by atoms with van der Waals surface area (Å²) in [6.07, 6.45) is 2.39. The summed E-state index contributed by atoms with van der Waals surface area (Å²) >= 11 is 0. The lowest BCUT2D eigenvalue weighted by Gasteiger charge is -2.26. The van der Waals surface area contributed by atoms with Crippen molar-refractivity contribution in [3.05, 3.63) is 83.6 Å². The van der Waals surface area contributed by atoms with Crippen LogP contribution in [0.5, 0.6) is 0 Å². The summed E-state index contributed by atoms with van der Waals surface area (Å²) in [5.74, 6) is -0.558. The summed E-state index contributed by atoms with van der Waals surface area (Å²) in [6, 6.07) is 14.2. The zero-order chi connectivity index (χ0) is 22.2. The summed E-state index contributed by atoms with van der Waals surface area (Å²) in [5, 5.41) is 11.1. The average molecular weight is 418 g/mol. The molecular weight excluding hydrogens is 395 g/mol. The van der Waals surface area contributed by atoms with Gasteiger partial charge in [-0.25, -0.2) is 14.4 Å². The number of carbonyl (C=O) groups is 1. The molecule has 2 aromatic carbocycles. The monoisotopic (exact) mass is 418 g/mol. The Hall–Kier alpha value is -3.58. The lowest BCUT2D eigenvalue weighted by atomic mass is 9.84. The highest BCUT2D eigenvalue weighted by Crippen LogP contribution is 2.34. The van der Waals surface area contributed by atoms with Crippen LogP contribution in [-0.4, -0.2) is 26.0 Å². The van der Waals surface area contributed by atoms with E-state index in [4.69, 9.17) is 5.73 Å². The molecule has 1 amide bonds. The smallest absolute Gasteiger partial charge is 0.258 e. The predicted octanol–water partition coefficient (Wildman–Crippen LogP) is 3.68. The van der Waals surface area contributed by atoms with E-state index in [0.29, 0.717) is 22.6 Å². The van der Waals surface area contributed by atoms with E-state index in [1.165, 1.54) is 24.3 Å². The molecule has 4 rings (SSSR count). The zero-order valence-corrected chi connectivity index (χ0v) is 17.3. The Kier molecular flexibility index (Phi) is 5.29. The molecule has 158 valence electrons. The van der Waals surface area contributed by atoms with Crippen molar-refractivity contribution >= 4 is 17.1 Å². The molecule has 0 spiro atoms.